The van der Waals surface area contributed by atoms with E-state index in [1.165, 1.54) is 0 Å². The summed E-state index contributed by atoms with van der Waals surface area (Å²) in [5.41, 5.74) is 2.78. The number of hydrogen-bond donors (Lipinski definition) is 0. The molecule has 0 spiro atoms. The van der Waals surface area contributed by atoms with Crippen LogP contribution in [0.2, 0.25) is 0 Å². The van der Waals surface area contributed by atoms with Crippen LogP contribution >= 0.6 is 0 Å². The third-order valence-electron chi connectivity index (χ3n) is 2.40. The number of aromatic nitrogens is 1. The lowest BCUT2D eigenvalue weighted by atomic mass is 10.1. The van der Waals surface area contributed by atoms with E-state index >= 15 is 0 Å². The van der Waals surface area contributed by atoms with Gasteiger partial charge in [0, 0.05) is 20.1 Å². The van der Waals surface area contributed by atoms with Crippen LogP contribution < -0.4 is 4.57 Å². The van der Waals surface area contributed by atoms with Crippen LogP contribution in [0, 0.1) is 6.92 Å². The molecule has 0 aliphatic carbocycles. The SMILES string of the molecule is COCc1c(C(C)=O)ccc(C)[n+]1C. The molecule has 0 atom stereocenters. The lowest BCUT2D eigenvalue weighted by molar-refractivity contribution is -0.687. The molecule has 3 nitrogen and oxygen atoms in total. The van der Waals surface area contributed by atoms with E-state index in [0.717, 1.165) is 17.0 Å². The minimum atomic E-state index is 0.0765. The van der Waals surface area contributed by atoms with E-state index in [9.17, 15) is 4.79 Å². The zero-order valence-electron chi connectivity index (χ0n) is 9.13. The van der Waals surface area contributed by atoms with Gasteiger partial charge in [-0.05, 0) is 13.0 Å². The molecular weight excluding hydrogens is 178 g/mol. The van der Waals surface area contributed by atoms with Crippen molar-refractivity contribution in [3.63, 3.8) is 0 Å². The second-order valence-electron chi connectivity index (χ2n) is 3.38. The normalized spacial score (nSPS) is 10.3. The Balaban J connectivity index is 3.29. The number of carbonyl (C=O) groups excluding carboxylic acids is 1. The molecule has 3 heteroatoms. The lowest BCUT2D eigenvalue weighted by Gasteiger charge is -2.05. The minimum Gasteiger partial charge on any atom is -0.374 e. The van der Waals surface area contributed by atoms with Crippen molar-refractivity contribution in [2.24, 2.45) is 7.05 Å². The molecule has 0 aliphatic heterocycles. The van der Waals surface area contributed by atoms with Crippen molar-refractivity contribution in [2.45, 2.75) is 20.5 Å². The van der Waals surface area contributed by atoms with Crippen LogP contribution in [0.25, 0.3) is 0 Å². The van der Waals surface area contributed by atoms with Crippen LogP contribution in [0.1, 0.15) is 28.7 Å². The first-order chi connectivity index (χ1) is 6.57. The molecule has 0 bridgehead atoms. The summed E-state index contributed by atoms with van der Waals surface area (Å²) >= 11 is 0. The summed E-state index contributed by atoms with van der Waals surface area (Å²) in [6, 6.07) is 3.79. The van der Waals surface area contributed by atoms with Gasteiger partial charge in [-0.3, -0.25) is 4.79 Å². The van der Waals surface area contributed by atoms with Gasteiger partial charge in [0.1, 0.15) is 13.7 Å². The van der Waals surface area contributed by atoms with Crippen LogP contribution in [-0.2, 0) is 18.4 Å². The van der Waals surface area contributed by atoms with E-state index in [0.29, 0.717) is 6.61 Å². The molecule has 0 aromatic carbocycles. The predicted octanol–water partition coefficient (Wildman–Crippen LogP) is 1.17. The number of Topliss-reactive ketones (excluding diaryl/α,β-unsaturated/α-hetero) is 1. The Labute approximate surface area is 84.3 Å². The maximum atomic E-state index is 11.3. The van der Waals surface area contributed by atoms with E-state index in [2.05, 4.69) is 0 Å². The van der Waals surface area contributed by atoms with Crippen LogP contribution in [0.3, 0.4) is 0 Å². The van der Waals surface area contributed by atoms with E-state index in [1.807, 2.05) is 30.7 Å². The van der Waals surface area contributed by atoms with Gasteiger partial charge in [0.25, 0.3) is 0 Å². The smallest absolute Gasteiger partial charge is 0.218 e. The van der Waals surface area contributed by atoms with Gasteiger partial charge < -0.3 is 4.74 Å². The maximum absolute atomic E-state index is 11.3. The second-order valence-corrected chi connectivity index (χ2v) is 3.38. The topological polar surface area (TPSA) is 30.2 Å². The Morgan fingerprint density at radius 2 is 2.14 bits per heavy atom. The second kappa shape index (κ2) is 4.33. The van der Waals surface area contributed by atoms with Crippen molar-refractivity contribution in [1.29, 1.82) is 0 Å². The number of pyridine rings is 1. The standard InChI is InChI=1S/C11H16NO2/c1-8-5-6-10(9(2)13)11(7-14-4)12(8)3/h5-6H,7H2,1-4H3/q+1. The maximum Gasteiger partial charge on any atom is 0.218 e. The summed E-state index contributed by atoms with van der Waals surface area (Å²) < 4.78 is 7.07. The van der Waals surface area contributed by atoms with E-state index in [1.54, 1.807) is 14.0 Å². The molecule has 1 aromatic heterocycles. The fourth-order valence-corrected chi connectivity index (χ4v) is 1.44. The van der Waals surface area contributed by atoms with Gasteiger partial charge >= 0.3 is 0 Å². The van der Waals surface area contributed by atoms with Gasteiger partial charge in [-0.1, -0.05) is 0 Å². The molecule has 1 rings (SSSR count). The number of nitrogens with zero attached hydrogens (tertiary/aromatic N) is 1. The Morgan fingerprint density at radius 3 is 2.64 bits per heavy atom. The number of carbonyl (C=O) groups is 1. The van der Waals surface area contributed by atoms with Crippen LogP contribution in [0.4, 0.5) is 0 Å². The van der Waals surface area contributed by atoms with Gasteiger partial charge in [0.2, 0.25) is 5.69 Å². The van der Waals surface area contributed by atoms with Crippen molar-refractivity contribution in [3.05, 3.63) is 29.1 Å². The number of ether oxygens (including phenoxy) is 1. The summed E-state index contributed by atoms with van der Waals surface area (Å²) in [5.74, 6) is 0.0765. The Bertz CT molecular complexity index is 359. The van der Waals surface area contributed by atoms with E-state index < -0.39 is 0 Å². The van der Waals surface area contributed by atoms with Gasteiger partial charge in [-0.25, -0.2) is 4.57 Å². The van der Waals surface area contributed by atoms with Gasteiger partial charge in [0.05, 0.1) is 5.56 Å². The zero-order valence-corrected chi connectivity index (χ0v) is 9.13. The molecule has 0 saturated heterocycles. The first-order valence-corrected chi connectivity index (χ1v) is 4.56. The minimum absolute atomic E-state index is 0.0765. The molecule has 0 amide bonds. The summed E-state index contributed by atoms with van der Waals surface area (Å²) in [6.07, 6.45) is 0. The number of aryl methyl sites for hydroxylation is 1. The summed E-state index contributed by atoms with van der Waals surface area (Å²) in [6.45, 7) is 4.04. The quantitative estimate of drug-likeness (QED) is 0.534. The fraction of sp³-hybridized carbons (Fsp3) is 0.455. The molecule has 1 heterocycles. The lowest BCUT2D eigenvalue weighted by Crippen LogP contribution is -2.39. The van der Waals surface area contributed by atoms with Crippen molar-refractivity contribution in [2.75, 3.05) is 7.11 Å². The highest BCUT2D eigenvalue weighted by molar-refractivity contribution is 5.94. The summed E-state index contributed by atoms with van der Waals surface area (Å²) in [4.78, 5) is 11.3. The molecule has 14 heavy (non-hydrogen) atoms. The molecule has 0 unspecified atom stereocenters. The van der Waals surface area contributed by atoms with Crippen LogP contribution in [0.15, 0.2) is 12.1 Å². The van der Waals surface area contributed by atoms with Crippen molar-refractivity contribution >= 4 is 5.78 Å². The van der Waals surface area contributed by atoms with Gasteiger partial charge in [-0.15, -0.1) is 0 Å². The summed E-state index contributed by atoms with van der Waals surface area (Å²) in [7, 11) is 3.57. The van der Waals surface area contributed by atoms with Crippen molar-refractivity contribution in [1.82, 2.24) is 0 Å². The number of rotatable bonds is 3. The van der Waals surface area contributed by atoms with Crippen LogP contribution in [-0.4, -0.2) is 12.9 Å². The van der Waals surface area contributed by atoms with Crippen molar-refractivity contribution in [3.8, 4) is 0 Å². The molecule has 0 saturated carbocycles. The Hall–Kier alpha value is -1.22. The van der Waals surface area contributed by atoms with Crippen LogP contribution in [0.5, 0.6) is 0 Å². The number of hydrogen-bond acceptors (Lipinski definition) is 2. The van der Waals surface area contributed by atoms with Gasteiger partial charge in [0.15, 0.2) is 11.5 Å². The number of methoxy groups -OCH3 is 1. The number of ketones is 1. The fourth-order valence-electron chi connectivity index (χ4n) is 1.44. The highest BCUT2D eigenvalue weighted by atomic mass is 16.5. The monoisotopic (exact) mass is 194 g/mol. The highest BCUT2D eigenvalue weighted by Crippen LogP contribution is 2.07. The molecular formula is C11H16NO2+. The molecule has 0 aliphatic rings. The van der Waals surface area contributed by atoms with E-state index in [4.69, 9.17) is 4.74 Å². The van der Waals surface area contributed by atoms with Gasteiger partial charge in [-0.2, -0.15) is 0 Å². The third kappa shape index (κ3) is 1.99. The predicted molar refractivity (Wildman–Crippen MR) is 53.1 cm³/mol. The summed E-state index contributed by atoms with van der Waals surface area (Å²) in [5, 5.41) is 0. The Morgan fingerprint density at radius 1 is 1.50 bits per heavy atom. The molecule has 0 fully saturated rings. The third-order valence-corrected chi connectivity index (χ3v) is 2.40. The first-order valence-electron chi connectivity index (χ1n) is 4.56. The average Bonchev–Trinajstić information content (AvgIpc) is 2.13. The van der Waals surface area contributed by atoms with Crippen molar-refractivity contribution < 1.29 is 14.1 Å². The Kier molecular flexibility index (Phi) is 3.36. The van der Waals surface area contributed by atoms with E-state index in [-0.39, 0.29) is 5.78 Å². The largest absolute Gasteiger partial charge is 0.374 e. The molecule has 76 valence electrons. The highest BCUT2D eigenvalue weighted by Gasteiger charge is 2.18. The average molecular weight is 194 g/mol. The molecule has 0 N–H and O–H groups in total. The zero-order chi connectivity index (χ0) is 10.7. The molecule has 0 radical (unpaired) electrons. The first kappa shape index (κ1) is 10.9. The molecule has 1 aromatic rings.